The summed E-state index contributed by atoms with van der Waals surface area (Å²) in [6.45, 7) is 3.13. The van der Waals surface area contributed by atoms with Gasteiger partial charge < -0.3 is 9.47 Å². The highest BCUT2D eigenvalue weighted by Crippen LogP contribution is 2.26. The van der Waals surface area contributed by atoms with Gasteiger partial charge in [0.1, 0.15) is 22.4 Å². The Balaban J connectivity index is 1.65. The van der Waals surface area contributed by atoms with Gasteiger partial charge in [-0.2, -0.15) is 5.10 Å². The summed E-state index contributed by atoms with van der Waals surface area (Å²) >= 11 is 6.08. The SMILES string of the molecule is Cc1cc(F)ccc1C(=O)c1cnc2n1CCN(c1cn[nH]c(=O)c1Cl)C2. The molecule has 4 rings (SSSR count). The van der Waals surface area contributed by atoms with Crippen LogP contribution in [0, 0.1) is 12.7 Å². The van der Waals surface area contributed by atoms with Crippen molar-refractivity contribution in [1.29, 1.82) is 0 Å². The zero-order valence-corrected chi connectivity index (χ0v) is 15.1. The van der Waals surface area contributed by atoms with Crippen molar-refractivity contribution < 1.29 is 9.18 Å². The molecule has 0 aliphatic carbocycles. The molecule has 0 bridgehead atoms. The molecule has 138 valence electrons. The predicted octanol–water partition coefficient (Wildman–Crippen LogP) is 2.32. The second kappa shape index (κ2) is 6.62. The summed E-state index contributed by atoms with van der Waals surface area (Å²) in [7, 11) is 0. The molecule has 0 fully saturated rings. The Bertz CT molecular complexity index is 1110. The number of carbonyl (C=O) groups is 1. The molecule has 9 heteroatoms. The van der Waals surface area contributed by atoms with Crippen LogP contribution >= 0.6 is 11.6 Å². The number of hydrogen-bond acceptors (Lipinski definition) is 5. The summed E-state index contributed by atoms with van der Waals surface area (Å²) in [6.07, 6.45) is 3.03. The van der Waals surface area contributed by atoms with Crippen LogP contribution in [-0.2, 0) is 13.1 Å². The van der Waals surface area contributed by atoms with Gasteiger partial charge in [0.15, 0.2) is 0 Å². The number of aromatic amines is 1. The Morgan fingerprint density at radius 2 is 2.11 bits per heavy atom. The number of ketones is 1. The van der Waals surface area contributed by atoms with Crippen molar-refractivity contribution in [3.8, 4) is 0 Å². The van der Waals surface area contributed by atoms with Crippen molar-refractivity contribution >= 4 is 23.1 Å². The summed E-state index contributed by atoms with van der Waals surface area (Å²) < 4.78 is 15.2. The number of halogens is 2. The highest BCUT2D eigenvalue weighted by molar-refractivity contribution is 6.33. The molecule has 0 saturated carbocycles. The molecule has 2 aromatic heterocycles. The molecule has 0 amide bonds. The van der Waals surface area contributed by atoms with Gasteiger partial charge in [0, 0.05) is 18.7 Å². The number of nitrogens with zero attached hydrogens (tertiary/aromatic N) is 4. The number of aryl methyl sites for hydroxylation is 1. The zero-order chi connectivity index (χ0) is 19.1. The fraction of sp³-hybridized carbons (Fsp3) is 0.222. The van der Waals surface area contributed by atoms with Crippen LogP contribution in [0.25, 0.3) is 0 Å². The fourth-order valence-electron chi connectivity index (χ4n) is 3.26. The summed E-state index contributed by atoms with van der Waals surface area (Å²) in [5.74, 6) is 0.106. The van der Waals surface area contributed by atoms with Gasteiger partial charge in [-0.3, -0.25) is 9.59 Å². The third-order valence-electron chi connectivity index (χ3n) is 4.65. The topological polar surface area (TPSA) is 83.9 Å². The molecule has 1 aromatic carbocycles. The largest absolute Gasteiger partial charge is 0.360 e. The number of fused-ring (bicyclic) bond motifs is 1. The first-order valence-corrected chi connectivity index (χ1v) is 8.67. The Hall–Kier alpha value is -3.00. The van der Waals surface area contributed by atoms with E-state index in [9.17, 15) is 14.0 Å². The van der Waals surface area contributed by atoms with Crippen LogP contribution < -0.4 is 10.5 Å². The minimum absolute atomic E-state index is 0.0724. The summed E-state index contributed by atoms with van der Waals surface area (Å²) in [4.78, 5) is 30.8. The van der Waals surface area contributed by atoms with E-state index in [0.29, 0.717) is 48.0 Å². The van der Waals surface area contributed by atoms with E-state index in [2.05, 4.69) is 15.2 Å². The van der Waals surface area contributed by atoms with Crippen LogP contribution in [0.2, 0.25) is 5.02 Å². The molecule has 0 saturated heterocycles. The monoisotopic (exact) mass is 387 g/mol. The molecule has 27 heavy (non-hydrogen) atoms. The van der Waals surface area contributed by atoms with E-state index in [1.165, 1.54) is 30.6 Å². The number of anilines is 1. The van der Waals surface area contributed by atoms with Gasteiger partial charge in [-0.05, 0) is 30.7 Å². The number of nitrogens with one attached hydrogen (secondary N) is 1. The maximum absolute atomic E-state index is 13.3. The van der Waals surface area contributed by atoms with E-state index in [1.54, 1.807) is 6.92 Å². The van der Waals surface area contributed by atoms with E-state index in [1.807, 2.05) is 9.47 Å². The quantitative estimate of drug-likeness (QED) is 0.697. The molecule has 3 heterocycles. The molecule has 0 atom stereocenters. The van der Waals surface area contributed by atoms with E-state index < -0.39 is 5.56 Å². The van der Waals surface area contributed by atoms with Crippen molar-refractivity contribution in [2.24, 2.45) is 0 Å². The molecule has 0 unspecified atom stereocenters. The smallest absolute Gasteiger partial charge is 0.285 e. The minimum Gasteiger partial charge on any atom is -0.360 e. The van der Waals surface area contributed by atoms with Crippen LogP contribution in [0.1, 0.15) is 27.4 Å². The van der Waals surface area contributed by atoms with E-state index in [0.717, 1.165) is 0 Å². The van der Waals surface area contributed by atoms with E-state index in [4.69, 9.17) is 11.6 Å². The van der Waals surface area contributed by atoms with Gasteiger partial charge in [0.2, 0.25) is 5.78 Å². The number of hydrogen-bond donors (Lipinski definition) is 1. The average Bonchev–Trinajstić information content (AvgIpc) is 3.06. The summed E-state index contributed by atoms with van der Waals surface area (Å²) in [6, 6.07) is 4.10. The van der Waals surface area contributed by atoms with Crippen molar-refractivity contribution in [2.75, 3.05) is 11.4 Å². The van der Waals surface area contributed by atoms with E-state index in [-0.39, 0.29) is 16.6 Å². The molecule has 3 aromatic rings. The molecule has 1 aliphatic heterocycles. The summed E-state index contributed by atoms with van der Waals surface area (Å²) in [5.41, 5.74) is 1.55. The predicted molar refractivity (Wildman–Crippen MR) is 97.7 cm³/mol. The van der Waals surface area contributed by atoms with Crippen LogP contribution in [0.4, 0.5) is 10.1 Å². The lowest BCUT2D eigenvalue weighted by molar-refractivity contribution is 0.102. The van der Waals surface area contributed by atoms with Crippen molar-refractivity contribution in [2.45, 2.75) is 20.0 Å². The number of benzene rings is 1. The van der Waals surface area contributed by atoms with Gasteiger partial charge >= 0.3 is 0 Å². The lowest BCUT2D eigenvalue weighted by atomic mass is 10.0. The molecule has 0 radical (unpaired) electrons. The Kier molecular flexibility index (Phi) is 4.27. The summed E-state index contributed by atoms with van der Waals surface area (Å²) in [5, 5.41) is 6.15. The first-order chi connectivity index (χ1) is 13.0. The minimum atomic E-state index is -0.453. The fourth-order valence-corrected chi connectivity index (χ4v) is 3.47. The highest BCUT2D eigenvalue weighted by Gasteiger charge is 2.26. The molecule has 0 spiro atoms. The standard InChI is InChI=1S/C18H15ClFN5O2/c1-10-6-11(20)2-3-12(10)17(26)14-7-21-15-9-24(4-5-25(14)15)13-8-22-23-18(27)16(13)19/h2-3,6-8H,4-5,9H2,1H3,(H,23,27). The van der Waals surface area contributed by atoms with Gasteiger partial charge in [0.05, 0.1) is 24.6 Å². The third-order valence-corrected chi connectivity index (χ3v) is 5.01. The Morgan fingerprint density at radius 1 is 1.30 bits per heavy atom. The first kappa shape index (κ1) is 17.4. The Labute approximate surface area is 158 Å². The normalized spacial score (nSPS) is 13.5. The van der Waals surface area contributed by atoms with E-state index >= 15 is 0 Å². The van der Waals surface area contributed by atoms with Crippen LogP contribution in [0.5, 0.6) is 0 Å². The highest BCUT2D eigenvalue weighted by atomic mass is 35.5. The van der Waals surface area contributed by atoms with Crippen molar-refractivity contribution in [3.63, 3.8) is 0 Å². The van der Waals surface area contributed by atoms with Crippen molar-refractivity contribution in [1.82, 2.24) is 19.7 Å². The van der Waals surface area contributed by atoms with Gasteiger partial charge in [-0.25, -0.2) is 14.5 Å². The average molecular weight is 388 g/mol. The first-order valence-electron chi connectivity index (χ1n) is 8.29. The maximum Gasteiger partial charge on any atom is 0.285 e. The second-order valence-corrected chi connectivity index (χ2v) is 6.70. The number of imidazole rings is 1. The number of carbonyl (C=O) groups excluding carboxylic acids is 1. The maximum atomic E-state index is 13.3. The Morgan fingerprint density at radius 3 is 2.89 bits per heavy atom. The molecule has 7 nitrogen and oxygen atoms in total. The van der Waals surface area contributed by atoms with Crippen LogP contribution in [0.3, 0.4) is 0 Å². The zero-order valence-electron chi connectivity index (χ0n) is 14.4. The number of H-pyrrole nitrogens is 1. The molecule has 1 N–H and O–H groups in total. The van der Waals surface area contributed by atoms with Gasteiger partial charge in [-0.1, -0.05) is 11.6 Å². The number of rotatable bonds is 3. The van der Waals surface area contributed by atoms with Gasteiger partial charge in [0.25, 0.3) is 5.56 Å². The number of aromatic nitrogens is 4. The molecular weight excluding hydrogens is 373 g/mol. The van der Waals surface area contributed by atoms with Gasteiger partial charge in [-0.15, -0.1) is 0 Å². The lowest BCUT2D eigenvalue weighted by Gasteiger charge is -2.30. The van der Waals surface area contributed by atoms with Crippen LogP contribution in [0.15, 0.2) is 35.4 Å². The third kappa shape index (κ3) is 3.02. The second-order valence-electron chi connectivity index (χ2n) is 6.32. The molecular formula is C18H15ClFN5O2. The lowest BCUT2D eigenvalue weighted by Crippen LogP contribution is -2.36. The molecule has 1 aliphatic rings. The van der Waals surface area contributed by atoms with Crippen molar-refractivity contribution in [3.05, 3.63) is 74.4 Å². The van der Waals surface area contributed by atoms with Crippen LogP contribution in [-0.4, -0.2) is 32.1 Å².